The average molecular weight is 708 g/mol. The molecule has 1 saturated heterocycles. The number of aromatic amines is 1. The number of hydrogen-bond acceptors (Lipinski definition) is 5. The third kappa shape index (κ3) is 9.18. The topological polar surface area (TPSA) is 132 Å². The number of H-pyrrole nitrogens is 1. The van der Waals surface area contributed by atoms with E-state index in [1.807, 2.05) is 24.3 Å². The molecule has 1 unspecified atom stereocenters. The molecule has 1 aliphatic heterocycles. The summed E-state index contributed by atoms with van der Waals surface area (Å²) >= 11 is 0. The van der Waals surface area contributed by atoms with Crippen LogP contribution >= 0.6 is 0 Å². The molecule has 268 valence electrons. The van der Waals surface area contributed by atoms with Crippen molar-refractivity contribution < 1.29 is 50.6 Å². The predicted octanol–water partition coefficient (Wildman–Crippen LogP) is 6.26. The van der Waals surface area contributed by atoms with Crippen molar-refractivity contribution in [3.63, 3.8) is 0 Å². The second kappa shape index (κ2) is 15.4. The van der Waals surface area contributed by atoms with Gasteiger partial charge in [0, 0.05) is 61.9 Å². The monoisotopic (exact) mass is 707 g/mol. The van der Waals surface area contributed by atoms with E-state index in [1.54, 1.807) is 42.5 Å². The number of likely N-dealkylation sites (N-methyl/N-ethyl adjacent to an activating group) is 1. The van der Waals surface area contributed by atoms with Crippen molar-refractivity contribution in [2.45, 2.75) is 31.2 Å². The lowest BCUT2D eigenvalue weighted by Gasteiger charge is -2.35. The zero-order valence-corrected chi connectivity index (χ0v) is 27.0. The van der Waals surface area contributed by atoms with Crippen LogP contribution in [0.1, 0.15) is 33.5 Å². The molecule has 50 heavy (non-hydrogen) atoms. The Kier molecular flexibility index (Phi) is 11.5. The Morgan fingerprint density at radius 2 is 1.50 bits per heavy atom. The number of hydrogen-bond donors (Lipinski definition) is 3. The number of amides is 3. The number of primary amides is 1. The lowest BCUT2D eigenvalue weighted by Crippen LogP contribution is -2.50. The molecular formula is C34H35F6N5O5. The molecule has 4 aromatic rings. The van der Waals surface area contributed by atoms with Crippen molar-refractivity contribution in [3.05, 3.63) is 95.2 Å². The van der Waals surface area contributed by atoms with Gasteiger partial charge < -0.3 is 35.3 Å². The number of benzene rings is 3. The first kappa shape index (κ1) is 37.4. The second-order valence-corrected chi connectivity index (χ2v) is 11.5. The Hall–Kier alpha value is -5.41. The second-order valence-electron chi connectivity index (χ2n) is 11.5. The number of ether oxygens (including phenoxy) is 1. The molecule has 1 aromatic heterocycles. The zero-order chi connectivity index (χ0) is 36.8. The van der Waals surface area contributed by atoms with Gasteiger partial charge in [-0.1, -0.05) is 30.3 Å². The van der Waals surface area contributed by atoms with Crippen molar-refractivity contribution in [1.82, 2.24) is 14.8 Å². The number of nitrogens with one attached hydrogen (secondary N) is 1. The lowest BCUT2D eigenvalue weighted by atomic mass is 9.99. The van der Waals surface area contributed by atoms with Gasteiger partial charge in [0.15, 0.2) is 0 Å². The van der Waals surface area contributed by atoms with Crippen LogP contribution in [0.2, 0.25) is 0 Å². The number of alkyl halides is 6. The number of piperazine rings is 1. The highest BCUT2D eigenvalue weighted by atomic mass is 19.4. The molecule has 1 aliphatic rings. The standard InChI is InChI=1S/C22H18F6N2O3.C12H17N3O2/c1-30(16(10-19(31)32)8-13-11-29-18-5-3-2-4-17(13)18)20(33)12-6-14(21(23,24)25)9-15(7-12)22(26,27)28;1-17-11-5-3-2-4-10(11)14-6-8-15(9-7-14)12(13)16/h2-7,9,11,16,29H,8,10H2,1H3,(H,31,32);2-5H,6-9H2,1H3,(H2,13,16). The normalized spacial score (nSPS) is 14.1. The molecule has 3 aromatic carbocycles. The van der Waals surface area contributed by atoms with Crippen LogP contribution in [0.15, 0.2) is 72.9 Å². The van der Waals surface area contributed by atoms with E-state index in [-0.39, 0.29) is 18.5 Å². The van der Waals surface area contributed by atoms with E-state index in [4.69, 9.17) is 10.5 Å². The summed E-state index contributed by atoms with van der Waals surface area (Å²) in [4.78, 5) is 43.1. The molecule has 16 heteroatoms. The summed E-state index contributed by atoms with van der Waals surface area (Å²) in [7, 11) is 2.82. The summed E-state index contributed by atoms with van der Waals surface area (Å²) in [5.74, 6) is -1.57. The minimum atomic E-state index is -5.11. The summed E-state index contributed by atoms with van der Waals surface area (Å²) in [5.41, 5.74) is 3.63. The fourth-order valence-electron chi connectivity index (χ4n) is 5.61. The zero-order valence-electron chi connectivity index (χ0n) is 27.0. The van der Waals surface area contributed by atoms with Crippen LogP contribution in [0, 0.1) is 0 Å². The van der Waals surface area contributed by atoms with Crippen LogP contribution in [0.5, 0.6) is 5.75 Å². The van der Waals surface area contributed by atoms with Crippen molar-refractivity contribution in [1.29, 1.82) is 0 Å². The molecule has 1 atom stereocenters. The van der Waals surface area contributed by atoms with Crippen LogP contribution in [0.4, 0.5) is 36.8 Å². The van der Waals surface area contributed by atoms with Crippen LogP contribution < -0.4 is 15.4 Å². The number of aliphatic carboxylic acids is 1. The highest BCUT2D eigenvalue weighted by Crippen LogP contribution is 2.37. The van der Waals surface area contributed by atoms with Crippen LogP contribution in [-0.4, -0.2) is 84.2 Å². The molecule has 0 aliphatic carbocycles. The lowest BCUT2D eigenvalue weighted by molar-refractivity contribution is -0.143. The Labute approximate surface area is 283 Å². The average Bonchev–Trinajstić information content (AvgIpc) is 3.49. The quantitative estimate of drug-likeness (QED) is 0.185. The number of carbonyl (C=O) groups is 3. The van der Waals surface area contributed by atoms with Crippen LogP contribution in [-0.2, 0) is 23.6 Å². The molecule has 4 N–H and O–H groups in total. The van der Waals surface area contributed by atoms with Gasteiger partial charge in [-0.15, -0.1) is 0 Å². The first-order valence-corrected chi connectivity index (χ1v) is 15.2. The molecular weight excluding hydrogens is 672 g/mol. The van der Waals surface area contributed by atoms with Crippen LogP contribution in [0.25, 0.3) is 10.9 Å². The third-order valence-corrected chi connectivity index (χ3v) is 8.26. The van der Waals surface area contributed by atoms with Crippen molar-refractivity contribution in [2.24, 2.45) is 5.73 Å². The van der Waals surface area contributed by atoms with Crippen LogP contribution in [0.3, 0.4) is 0 Å². The van der Waals surface area contributed by atoms with E-state index in [9.17, 15) is 45.8 Å². The van der Waals surface area contributed by atoms with Gasteiger partial charge in [0.1, 0.15) is 5.75 Å². The van der Waals surface area contributed by atoms with Gasteiger partial charge >= 0.3 is 24.4 Å². The maximum Gasteiger partial charge on any atom is 0.416 e. The van der Waals surface area contributed by atoms with Crippen molar-refractivity contribution >= 4 is 34.5 Å². The number of anilines is 1. The van der Waals surface area contributed by atoms with E-state index < -0.39 is 53.4 Å². The minimum absolute atomic E-state index is 0.0175. The summed E-state index contributed by atoms with van der Waals surface area (Å²) in [6.45, 7) is 2.88. The van der Waals surface area contributed by atoms with Crippen molar-refractivity contribution in [3.8, 4) is 5.75 Å². The largest absolute Gasteiger partial charge is 0.495 e. The molecule has 0 spiro atoms. The summed E-state index contributed by atoms with van der Waals surface area (Å²) in [5, 5.41) is 10.0. The third-order valence-electron chi connectivity index (χ3n) is 8.26. The number of carboxylic acids is 1. The number of methoxy groups -OCH3 is 1. The van der Waals surface area contributed by atoms with Crippen molar-refractivity contribution in [2.75, 3.05) is 45.2 Å². The first-order chi connectivity index (χ1) is 23.5. The molecule has 0 saturated carbocycles. The van der Waals surface area contributed by atoms with E-state index in [1.165, 1.54) is 0 Å². The highest BCUT2D eigenvalue weighted by molar-refractivity contribution is 5.95. The number of carboxylic acid groups (broad SMARTS) is 1. The van der Waals surface area contributed by atoms with Gasteiger partial charge in [-0.05, 0) is 48.4 Å². The number of para-hydroxylation sites is 3. The first-order valence-electron chi connectivity index (χ1n) is 15.2. The van der Waals surface area contributed by atoms with Gasteiger partial charge in [-0.2, -0.15) is 26.3 Å². The van der Waals surface area contributed by atoms with Gasteiger partial charge in [0.25, 0.3) is 5.91 Å². The molecule has 3 amide bonds. The Morgan fingerprint density at radius 1 is 0.920 bits per heavy atom. The minimum Gasteiger partial charge on any atom is -0.495 e. The van der Waals surface area contributed by atoms with Gasteiger partial charge in [-0.25, -0.2) is 4.79 Å². The van der Waals surface area contributed by atoms with Gasteiger partial charge in [-0.3, -0.25) is 9.59 Å². The fraction of sp³-hybridized carbons (Fsp3) is 0.324. The van der Waals surface area contributed by atoms with E-state index >= 15 is 0 Å². The smallest absolute Gasteiger partial charge is 0.416 e. The maximum atomic E-state index is 13.2. The van der Waals surface area contributed by atoms with Gasteiger partial charge in [0.2, 0.25) is 0 Å². The highest BCUT2D eigenvalue weighted by Gasteiger charge is 2.38. The molecule has 0 radical (unpaired) electrons. The molecule has 2 heterocycles. The Balaban J connectivity index is 0.000000276. The fourth-order valence-corrected chi connectivity index (χ4v) is 5.61. The van der Waals surface area contributed by atoms with E-state index in [0.717, 1.165) is 47.4 Å². The number of aromatic nitrogens is 1. The van der Waals surface area contributed by atoms with E-state index in [2.05, 4.69) is 9.88 Å². The predicted molar refractivity (Wildman–Crippen MR) is 173 cm³/mol. The number of halogens is 6. The number of carbonyl (C=O) groups excluding carboxylic acids is 2. The SMILES string of the molecule is CN(C(=O)c1cc(C(F)(F)F)cc(C(F)(F)F)c1)C(CC(=O)O)Cc1c[nH]c2ccccc12.COc1ccccc1N1CCN(C(N)=O)CC1. The number of fused-ring (bicyclic) bond motifs is 1. The number of nitrogens with zero attached hydrogens (tertiary/aromatic N) is 3. The Morgan fingerprint density at radius 3 is 2.06 bits per heavy atom. The maximum absolute atomic E-state index is 13.2. The molecule has 5 rings (SSSR count). The molecule has 10 nitrogen and oxygen atoms in total. The number of urea groups is 1. The summed E-state index contributed by atoms with van der Waals surface area (Å²) < 4.78 is 84.3. The Bertz CT molecular complexity index is 1790. The van der Waals surface area contributed by atoms with Gasteiger partial charge in [0.05, 0.1) is 30.3 Å². The number of nitrogens with two attached hydrogens (primary N) is 1. The molecule has 0 bridgehead atoms. The molecule has 1 fully saturated rings. The number of rotatable bonds is 8. The van der Waals surface area contributed by atoms with E-state index in [0.29, 0.717) is 30.8 Å². The summed E-state index contributed by atoms with van der Waals surface area (Å²) in [6.07, 6.45) is -9.15. The summed E-state index contributed by atoms with van der Waals surface area (Å²) in [6, 6.07) is 14.2.